The molecule has 1 aromatic carbocycles. The third-order valence-corrected chi connectivity index (χ3v) is 3.00. The topological polar surface area (TPSA) is 35.5 Å². The number of halogens is 1. The van der Waals surface area contributed by atoms with Gasteiger partial charge in [-0.1, -0.05) is 29.3 Å². The molecule has 1 rings (SSSR count). The Morgan fingerprint density at radius 1 is 1.39 bits per heavy atom. The van der Waals surface area contributed by atoms with Crippen molar-refractivity contribution in [3.8, 4) is 5.75 Å². The fourth-order valence-electron chi connectivity index (χ4n) is 1.62. The summed E-state index contributed by atoms with van der Waals surface area (Å²) in [5.41, 5.74) is 0.995. The van der Waals surface area contributed by atoms with Gasteiger partial charge in [-0.25, -0.2) is 4.79 Å². The van der Waals surface area contributed by atoms with Gasteiger partial charge in [0.15, 0.2) is 6.10 Å². The van der Waals surface area contributed by atoms with Crippen molar-refractivity contribution in [1.82, 2.24) is 0 Å². The quantitative estimate of drug-likeness (QED) is 0.748. The lowest BCUT2D eigenvalue weighted by Crippen LogP contribution is -2.29. The Morgan fingerprint density at radius 2 is 2.11 bits per heavy atom. The van der Waals surface area contributed by atoms with Crippen LogP contribution >= 0.6 is 15.9 Å². The van der Waals surface area contributed by atoms with Crippen molar-refractivity contribution in [1.29, 1.82) is 0 Å². The summed E-state index contributed by atoms with van der Waals surface area (Å²) in [5.74, 6) is 0.436. The van der Waals surface area contributed by atoms with Gasteiger partial charge in [-0.05, 0) is 44.0 Å². The molecule has 0 radical (unpaired) electrons. The van der Waals surface area contributed by atoms with Gasteiger partial charge in [0, 0.05) is 4.47 Å². The molecule has 1 unspecified atom stereocenters. The van der Waals surface area contributed by atoms with Gasteiger partial charge in [0.05, 0.1) is 6.61 Å². The van der Waals surface area contributed by atoms with E-state index in [0.29, 0.717) is 13.0 Å². The molecule has 0 fully saturated rings. The zero-order chi connectivity index (χ0) is 13.5. The van der Waals surface area contributed by atoms with Gasteiger partial charge in [-0.2, -0.15) is 0 Å². The number of hydrogen-bond acceptors (Lipinski definition) is 3. The molecule has 0 aromatic heterocycles. The van der Waals surface area contributed by atoms with Gasteiger partial charge >= 0.3 is 5.97 Å². The molecule has 0 saturated heterocycles. The molecule has 4 heteroatoms. The fraction of sp³-hybridized carbons (Fsp3) is 0.500. The zero-order valence-electron chi connectivity index (χ0n) is 11.0. The van der Waals surface area contributed by atoms with E-state index in [4.69, 9.17) is 9.47 Å². The van der Waals surface area contributed by atoms with E-state index < -0.39 is 6.10 Å². The van der Waals surface area contributed by atoms with Crippen molar-refractivity contribution < 1.29 is 14.3 Å². The standard InChI is InChI=1S/C14H19BrO3/c1-4-6-13(14(16)17-5-2)18-12-8-7-11(15)9-10(12)3/h7-9,13H,4-6H2,1-3H3. The highest BCUT2D eigenvalue weighted by atomic mass is 79.9. The molecular weight excluding hydrogens is 296 g/mol. The molecule has 0 bridgehead atoms. The van der Waals surface area contributed by atoms with Crippen LogP contribution < -0.4 is 4.74 Å². The van der Waals surface area contributed by atoms with Crippen LogP contribution in [0.4, 0.5) is 0 Å². The average molecular weight is 315 g/mol. The highest BCUT2D eigenvalue weighted by Crippen LogP contribution is 2.24. The summed E-state index contributed by atoms with van der Waals surface area (Å²) in [6.07, 6.45) is 1.02. The molecule has 0 N–H and O–H groups in total. The number of aryl methyl sites for hydroxylation is 1. The van der Waals surface area contributed by atoms with E-state index in [0.717, 1.165) is 22.2 Å². The number of hydrogen-bond donors (Lipinski definition) is 0. The van der Waals surface area contributed by atoms with E-state index in [1.165, 1.54) is 0 Å². The maximum Gasteiger partial charge on any atom is 0.347 e. The number of esters is 1. The van der Waals surface area contributed by atoms with Crippen molar-refractivity contribution in [3.63, 3.8) is 0 Å². The molecule has 1 atom stereocenters. The normalized spacial score (nSPS) is 12.0. The van der Waals surface area contributed by atoms with E-state index in [2.05, 4.69) is 15.9 Å². The Hall–Kier alpha value is -1.03. The lowest BCUT2D eigenvalue weighted by atomic mass is 10.2. The summed E-state index contributed by atoms with van der Waals surface area (Å²) < 4.78 is 11.8. The Labute approximate surface area is 117 Å². The number of carbonyl (C=O) groups is 1. The first-order valence-corrected chi connectivity index (χ1v) is 6.97. The molecule has 0 heterocycles. The van der Waals surface area contributed by atoms with Crippen LogP contribution in [-0.4, -0.2) is 18.7 Å². The Morgan fingerprint density at radius 3 is 2.67 bits per heavy atom. The number of carbonyl (C=O) groups excluding carboxylic acids is 1. The third kappa shape index (κ3) is 4.33. The smallest absolute Gasteiger partial charge is 0.347 e. The molecule has 100 valence electrons. The van der Waals surface area contributed by atoms with Gasteiger partial charge < -0.3 is 9.47 Å². The number of benzene rings is 1. The van der Waals surface area contributed by atoms with Crippen LogP contribution in [0.15, 0.2) is 22.7 Å². The van der Waals surface area contributed by atoms with Crippen LogP contribution in [0.2, 0.25) is 0 Å². The molecule has 0 aliphatic carbocycles. The minimum Gasteiger partial charge on any atom is -0.478 e. The second-order valence-corrected chi connectivity index (χ2v) is 4.97. The summed E-state index contributed by atoms with van der Waals surface area (Å²) >= 11 is 3.40. The predicted octanol–water partition coefficient (Wildman–Crippen LogP) is 3.87. The van der Waals surface area contributed by atoms with Gasteiger partial charge in [0.2, 0.25) is 0 Å². The average Bonchev–Trinajstić information content (AvgIpc) is 2.32. The van der Waals surface area contributed by atoms with E-state index in [1.54, 1.807) is 6.92 Å². The van der Waals surface area contributed by atoms with Crippen molar-refractivity contribution in [2.75, 3.05) is 6.61 Å². The number of ether oxygens (including phenoxy) is 2. The molecule has 0 saturated carbocycles. The van der Waals surface area contributed by atoms with Gasteiger partial charge in [-0.15, -0.1) is 0 Å². The van der Waals surface area contributed by atoms with E-state index in [9.17, 15) is 4.79 Å². The maximum absolute atomic E-state index is 11.8. The first-order chi connectivity index (χ1) is 8.58. The first kappa shape index (κ1) is 15.0. The van der Waals surface area contributed by atoms with Crippen LogP contribution in [0.3, 0.4) is 0 Å². The van der Waals surface area contributed by atoms with Crippen LogP contribution in [0.25, 0.3) is 0 Å². The van der Waals surface area contributed by atoms with Gasteiger partial charge in [-0.3, -0.25) is 0 Å². The van der Waals surface area contributed by atoms with Crippen molar-refractivity contribution in [2.24, 2.45) is 0 Å². The van der Waals surface area contributed by atoms with Crippen molar-refractivity contribution in [2.45, 2.75) is 39.7 Å². The largest absolute Gasteiger partial charge is 0.478 e. The maximum atomic E-state index is 11.8. The molecule has 0 spiro atoms. The third-order valence-electron chi connectivity index (χ3n) is 2.51. The highest BCUT2D eigenvalue weighted by Gasteiger charge is 2.21. The Balaban J connectivity index is 2.79. The number of rotatable bonds is 6. The van der Waals surface area contributed by atoms with Gasteiger partial charge in [0.1, 0.15) is 5.75 Å². The predicted molar refractivity (Wildman–Crippen MR) is 74.8 cm³/mol. The summed E-state index contributed by atoms with van der Waals surface area (Å²) in [6, 6.07) is 5.72. The molecule has 3 nitrogen and oxygen atoms in total. The minimum absolute atomic E-state index is 0.290. The second kappa shape index (κ2) is 7.41. The molecule has 0 aliphatic rings. The van der Waals surface area contributed by atoms with Crippen molar-refractivity contribution >= 4 is 21.9 Å². The molecule has 18 heavy (non-hydrogen) atoms. The van der Waals surface area contributed by atoms with Crippen LogP contribution in [0.1, 0.15) is 32.3 Å². The first-order valence-electron chi connectivity index (χ1n) is 6.17. The van der Waals surface area contributed by atoms with E-state index in [-0.39, 0.29) is 5.97 Å². The van der Waals surface area contributed by atoms with Crippen LogP contribution in [0.5, 0.6) is 5.75 Å². The Kier molecular flexibility index (Phi) is 6.19. The summed E-state index contributed by atoms with van der Waals surface area (Å²) in [7, 11) is 0. The molecular formula is C14H19BrO3. The SMILES string of the molecule is CCCC(Oc1ccc(Br)cc1C)C(=O)OCC. The monoisotopic (exact) mass is 314 g/mol. The van der Waals surface area contributed by atoms with E-state index in [1.807, 2.05) is 32.0 Å². The Bertz CT molecular complexity index is 404. The zero-order valence-corrected chi connectivity index (χ0v) is 12.6. The molecule has 0 aliphatic heterocycles. The summed E-state index contributed by atoms with van der Waals surface area (Å²) in [5, 5.41) is 0. The van der Waals surface area contributed by atoms with E-state index >= 15 is 0 Å². The molecule has 0 amide bonds. The lowest BCUT2D eigenvalue weighted by Gasteiger charge is -2.18. The summed E-state index contributed by atoms with van der Waals surface area (Å²) in [6.45, 7) is 6.14. The highest BCUT2D eigenvalue weighted by molar-refractivity contribution is 9.10. The van der Waals surface area contributed by atoms with Crippen LogP contribution in [-0.2, 0) is 9.53 Å². The minimum atomic E-state index is -0.519. The van der Waals surface area contributed by atoms with Crippen LogP contribution in [0, 0.1) is 6.92 Å². The second-order valence-electron chi connectivity index (χ2n) is 4.06. The molecule has 1 aromatic rings. The summed E-state index contributed by atoms with van der Waals surface area (Å²) in [4.78, 5) is 11.8. The van der Waals surface area contributed by atoms with Crippen molar-refractivity contribution in [3.05, 3.63) is 28.2 Å². The van der Waals surface area contributed by atoms with Gasteiger partial charge in [0.25, 0.3) is 0 Å². The fourth-order valence-corrected chi connectivity index (χ4v) is 2.10. The lowest BCUT2D eigenvalue weighted by molar-refractivity contribution is -0.151.